The van der Waals surface area contributed by atoms with Crippen LogP contribution in [0.25, 0.3) is 0 Å². The van der Waals surface area contributed by atoms with E-state index in [9.17, 15) is 4.79 Å². The third-order valence-electron chi connectivity index (χ3n) is 7.53. The van der Waals surface area contributed by atoms with Gasteiger partial charge in [-0.25, -0.2) is 0 Å². The Bertz CT molecular complexity index is 885. The van der Waals surface area contributed by atoms with Gasteiger partial charge in [-0.15, -0.1) is 0 Å². The first-order valence-corrected chi connectivity index (χ1v) is 11.6. The second kappa shape index (κ2) is 7.66. The summed E-state index contributed by atoms with van der Waals surface area (Å²) in [7, 11) is 0. The summed E-state index contributed by atoms with van der Waals surface area (Å²) >= 11 is 0. The lowest BCUT2D eigenvalue weighted by molar-refractivity contribution is 0.0642. The minimum atomic E-state index is 0.257. The Kier molecular flexibility index (Phi) is 5.00. The van der Waals surface area contributed by atoms with Gasteiger partial charge < -0.3 is 9.47 Å². The maximum atomic E-state index is 13.7. The Hall–Kier alpha value is -2.04. The molecule has 2 heterocycles. The summed E-state index contributed by atoms with van der Waals surface area (Å²) in [5, 5.41) is 7.34. The standard InChI is InChI=1S/C24H34N4O/c1-16-12-22(17(2)27(16)15-18-6-4-3-5-7-18)24(29)28(20-8-9-20)21-10-11-23-19(13-21)14-25-26-23/h12,14,18,20-21H,3-11,13,15H2,1-2H3,(H,25,26). The minimum absolute atomic E-state index is 0.257. The highest BCUT2D eigenvalue weighted by atomic mass is 16.2. The molecular formula is C24H34N4O. The maximum Gasteiger partial charge on any atom is 0.256 e. The summed E-state index contributed by atoms with van der Waals surface area (Å²) in [6.45, 7) is 5.41. The molecule has 3 aliphatic carbocycles. The van der Waals surface area contributed by atoms with Crippen LogP contribution in [0.4, 0.5) is 0 Å². The van der Waals surface area contributed by atoms with Crippen molar-refractivity contribution >= 4 is 5.91 Å². The number of hydrogen-bond acceptors (Lipinski definition) is 2. The van der Waals surface area contributed by atoms with Gasteiger partial charge in [0.2, 0.25) is 0 Å². The largest absolute Gasteiger partial charge is 0.348 e. The molecule has 2 aromatic rings. The van der Waals surface area contributed by atoms with Gasteiger partial charge in [-0.2, -0.15) is 5.10 Å². The van der Waals surface area contributed by atoms with Crippen LogP contribution in [0.2, 0.25) is 0 Å². The van der Waals surface area contributed by atoms with Crippen molar-refractivity contribution in [3.63, 3.8) is 0 Å². The molecule has 0 bridgehead atoms. The summed E-state index contributed by atoms with van der Waals surface area (Å²) < 4.78 is 2.42. The van der Waals surface area contributed by atoms with Gasteiger partial charge >= 0.3 is 0 Å². The highest BCUT2D eigenvalue weighted by molar-refractivity contribution is 5.96. The smallest absolute Gasteiger partial charge is 0.256 e. The van der Waals surface area contributed by atoms with Crippen LogP contribution in [-0.2, 0) is 19.4 Å². The zero-order valence-corrected chi connectivity index (χ0v) is 17.9. The number of carbonyl (C=O) groups is 1. The number of H-pyrrole nitrogens is 1. The Morgan fingerprint density at radius 2 is 1.93 bits per heavy atom. The fourth-order valence-electron chi connectivity index (χ4n) is 5.68. The van der Waals surface area contributed by atoms with Crippen LogP contribution in [0.3, 0.4) is 0 Å². The number of nitrogens with one attached hydrogen (secondary N) is 1. The minimum Gasteiger partial charge on any atom is -0.348 e. The Morgan fingerprint density at radius 1 is 1.14 bits per heavy atom. The molecular weight excluding hydrogens is 360 g/mol. The molecule has 0 aliphatic heterocycles. The van der Waals surface area contributed by atoms with Gasteiger partial charge in [0.25, 0.3) is 5.91 Å². The SMILES string of the molecule is Cc1cc(C(=O)N(C2CC2)C2CCc3[nH]ncc3C2)c(C)n1CC1CCCCC1. The lowest BCUT2D eigenvalue weighted by Crippen LogP contribution is -2.45. The van der Waals surface area contributed by atoms with Gasteiger partial charge in [-0.3, -0.25) is 9.89 Å². The number of aromatic amines is 1. The van der Waals surface area contributed by atoms with Crippen LogP contribution < -0.4 is 0 Å². The molecule has 1 atom stereocenters. The van der Waals surface area contributed by atoms with Gasteiger partial charge in [-0.1, -0.05) is 19.3 Å². The molecule has 0 radical (unpaired) electrons. The molecule has 5 nitrogen and oxygen atoms in total. The molecule has 2 saturated carbocycles. The van der Waals surface area contributed by atoms with Crippen LogP contribution >= 0.6 is 0 Å². The molecule has 2 aromatic heterocycles. The number of rotatable bonds is 5. The van der Waals surface area contributed by atoms with E-state index in [1.807, 2.05) is 6.20 Å². The lowest BCUT2D eigenvalue weighted by atomic mass is 9.89. The summed E-state index contributed by atoms with van der Waals surface area (Å²) in [6.07, 6.45) is 14.0. The summed E-state index contributed by atoms with van der Waals surface area (Å²) in [5.41, 5.74) is 5.90. The molecule has 5 heteroatoms. The first-order valence-electron chi connectivity index (χ1n) is 11.6. The Morgan fingerprint density at radius 3 is 2.69 bits per heavy atom. The average molecular weight is 395 g/mol. The molecule has 5 rings (SSSR count). The van der Waals surface area contributed by atoms with E-state index in [1.54, 1.807) is 0 Å². The third-order valence-corrected chi connectivity index (χ3v) is 7.53. The van der Waals surface area contributed by atoms with Crippen LogP contribution in [0.1, 0.15) is 84.4 Å². The number of aromatic nitrogens is 3. The Balaban J connectivity index is 1.38. The molecule has 2 fully saturated rings. The summed E-state index contributed by atoms with van der Waals surface area (Å²) in [5.74, 6) is 1.03. The van der Waals surface area contributed by atoms with E-state index in [1.165, 1.54) is 54.7 Å². The maximum absolute atomic E-state index is 13.7. The molecule has 1 unspecified atom stereocenters. The van der Waals surface area contributed by atoms with E-state index in [-0.39, 0.29) is 5.91 Å². The molecule has 1 N–H and O–H groups in total. The molecule has 0 spiro atoms. The zero-order chi connectivity index (χ0) is 20.0. The molecule has 156 valence electrons. The van der Waals surface area contributed by atoms with Gasteiger partial charge in [0, 0.05) is 35.7 Å². The number of carbonyl (C=O) groups excluding carboxylic acids is 1. The van der Waals surface area contributed by atoms with Crippen molar-refractivity contribution in [2.45, 2.75) is 96.7 Å². The number of nitrogens with zero attached hydrogens (tertiary/aromatic N) is 3. The van der Waals surface area contributed by atoms with E-state index in [0.29, 0.717) is 12.1 Å². The van der Waals surface area contributed by atoms with E-state index in [4.69, 9.17) is 0 Å². The van der Waals surface area contributed by atoms with E-state index in [2.05, 4.69) is 39.6 Å². The van der Waals surface area contributed by atoms with Crippen LogP contribution in [-0.4, -0.2) is 37.7 Å². The van der Waals surface area contributed by atoms with Crippen molar-refractivity contribution in [2.75, 3.05) is 0 Å². The highest BCUT2D eigenvalue weighted by Gasteiger charge is 2.40. The van der Waals surface area contributed by atoms with Crippen LogP contribution in [0, 0.1) is 19.8 Å². The van der Waals surface area contributed by atoms with Crippen molar-refractivity contribution in [1.82, 2.24) is 19.7 Å². The number of amides is 1. The summed E-state index contributed by atoms with van der Waals surface area (Å²) in [6, 6.07) is 2.89. The third kappa shape index (κ3) is 3.64. The Labute approximate surface area is 173 Å². The normalized spacial score (nSPS) is 22.5. The molecule has 0 saturated heterocycles. The van der Waals surface area contributed by atoms with Gasteiger partial charge in [0.15, 0.2) is 0 Å². The van der Waals surface area contributed by atoms with Gasteiger partial charge in [-0.05, 0) is 76.3 Å². The van der Waals surface area contributed by atoms with E-state index < -0.39 is 0 Å². The fraction of sp³-hybridized carbons (Fsp3) is 0.667. The zero-order valence-electron chi connectivity index (χ0n) is 17.9. The van der Waals surface area contributed by atoms with E-state index in [0.717, 1.165) is 50.1 Å². The van der Waals surface area contributed by atoms with Crippen molar-refractivity contribution in [3.8, 4) is 0 Å². The van der Waals surface area contributed by atoms with Gasteiger partial charge in [0.1, 0.15) is 0 Å². The van der Waals surface area contributed by atoms with E-state index >= 15 is 0 Å². The number of fused-ring (bicyclic) bond motifs is 1. The topological polar surface area (TPSA) is 53.9 Å². The fourth-order valence-corrected chi connectivity index (χ4v) is 5.68. The second-order valence-electron chi connectivity index (χ2n) is 9.61. The summed E-state index contributed by atoms with van der Waals surface area (Å²) in [4.78, 5) is 16.0. The predicted octanol–water partition coefficient (Wildman–Crippen LogP) is 4.57. The average Bonchev–Trinajstić information content (AvgIpc) is 3.38. The highest BCUT2D eigenvalue weighted by Crippen LogP contribution is 2.35. The first-order chi connectivity index (χ1) is 14.1. The second-order valence-corrected chi connectivity index (χ2v) is 9.61. The van der Waals surface area contributed by atoms with Crippen molar-refractivity contribution < 1.29 is 4.79 Å². The van der Waals surface area contributed by atoms with Crippen molar-refractivity contribution in [1.29, 1.82) is 0 Å². The monoisotopic (exact) mass is 394 g/mol. The quantitative estimate of drug-likeness (QED) is 0.808. The van der Waals surface area contributed by atoms with Gasteiger partial charge in [0.05, 0.1) is 11.8 Å². The molecule has 0 aromatic carbocycles. The number of hydrogen-bond donors (Lipinski definition) is 1. The number of aryl methyl sites for hydroxylation is 2. The molecule has 3 aliphatic rings. The lowest BCUT2D eigenvalue weighted by Gasteiger charge is -2.34. The van der Waals surface area contributed by atoms with Crippen molar-refractivity contribution in [2.24, 2.45) is 5.92 Å². The molecule has 29 heavy (non-hydrogen) atoms. The molecule has 1 amide bonds. The predicted molar refractivity (Wildman–Crippen MR) is 114 cm³/mol. The van der Waals surface area contributed by atoms with Crippen LogP contribution in [0.15, 0.2) is 12.3 Å². The van der Waals surface area contributed by atoms with Crippen molar-refractivity contribution in [3.05, 3.63) is 40.5 Å². The van der Waals surface area contributed by atoms with Crippen LogP contribution in [0.5, 0.6) is 0 Å². The first kappa shape index (κ1) is 19.0.